The molecule has 1 aliphatic heterocycles. The second kappa shape index (κ2) is 8.72. The zero-order valence-electron chi connectivity index (χ0n) is 16.9. The largest absolute Gasteiger partial charge is 0.454 e. The zero-order chi connectivity index (χ0) is 21.9. The summed E-state index contributed by atoms with van der Waals surface area (Å²) in [5.74, 6) is 2.64. The lowest BCUT2D eigenvalue weighted by molar-refractivity contribution is 0.0954. The number of halogens is 1. The van der Waals surface area contributed by atoms with Gasteiger partial charge in [-0.1, -0.05) is 23.7 Å². The van der Waals surface area contributed by atoms with Gasteiger partial charge >= 0.3 is 0 Å². The molecule has 2 aromatic carbocycles. The summed E-state index contributed by atoms with van der Waals surface area (Å²) in [4.78, 5) is 12.3. The van der Waals surface area contributed by atoms with Gasteiger partial charge in [0, 0.05) is 30.1 Å². The minimum atomic E-state index is -0.194. The molecule has 0 aliphatic carbocycles. The fraction of sp³-hybridized carbons (Fsp3) is 0.182. The Morgan fingerprint density at radius 2 is 1.97 bits per heavy atom. The van der Waals surface area contributed by atoms with Crippen LogP contribution in [0, 0.1) is 0 Å². The average Bonchev–Trinajstić information content (AvgIpc) is 3.44. The summed E-state index contributed by atoms with van der Waals surface area (Å²) in [6, 6.07) is 16.3. The van der Waals surface area contributed by atoms with Gasteiger partial charge in [-0.05, 0) is 48.0 Å². The third kappa shape index (κ3) is 4.28. The monoisotopic (exact) mass is 450 g/mol. The molecular weight excluding hydrogens is 432 g/mol. The maximum atomic E-state index is 12.3. The van der Waals surface area contributed by atoms with E-state index in [-0.39, 0.29) is 12.7 Å². The highest BCUT2D eigenvalue weighted by atomic mass is 35.5. The fourth-order valence-electron chi connectivity index (χ4n) is 3.35. The number of fused-ring (bicyclic) bond motifs is 2. The van der Waals surface area contributed by atoms with Crippen LogP contribution in [0.2, 0.25) is 5.02 Å². The lowest BCUT2D eigenvalue weighted by atomic mass is 10.2. The van der Waals surface area contributed by atoms with E-state index in [4.69, 9.17) is 21.1 Å². The van der Waals surface area contributed by atoms with Gasteiger partial charge in [-0.3, -0.25) is 4.79 Å². The molecule has 10 heteroatoms. The van der Waals surface area contributed by atoms with Crippen LogP contribution in [0.4, 0.5) is 5.82 Å². The SMILES string of the molecule is O=C(NCCc1nnc2ccc(NCc3ccc4c(c3)OCO4)nn12)c1cccc(Cl)c1. The third-order valence-electron chi connectivity index (χ3n) is 4.96. The van der Waals surface area contributed by atoms with E-state index in [2.05, 4.69) is 25.9 Å². The highest BCUT2D eigenvalue weighted by molar-refractivity contribution is 6.30. The van der Waals surface area contributed by atoms with Crippen LogP contribution in [0.3, 0.4) is 0 Å². The van der Waals surface area contributed by atoms with E-state index in [1.165, 1.54) is 0 Å². The Bertz CT molecular complexity index is 1290. The van der Waals surface area contributed by atoms with Crippen LogP contribution in [0.1, 0.15) is 21.7 Å². The number of anilines is 1. The van der Waals surface area contributed by atoms with Gasteiger partial charge in [0.15, 0.2) is 23.0 Å². The molecule has 0 spiro atoms. The van der Waals surface area contributed by atoms with Crippen LogP contribution in [-0.2, 0) is 13.0 Å². The number of benzene rings is 2. The van der Waals surface area contributed by atoms with Gasteiger partial charge in [-0.2, -0.15) is 4.52 Å². The molecule has 0 unspecified atom stereocenters. The average molecular weight is 451 g/mol. The molecule has 0 atom stereocenters. The predicted octanol–water partition coefficient (Wildman–Crippen LogP) is 3.09. The maximum absolute atomic E-state index is 12.3. The van der Waals surface area contributed by atoms with Crippen LogP contribution in [0.25, 0.3) is 5.65 Å². The van der Waals surface area contributed by atoms with Crippen molar-refractivity contribution in [1.82, 2.24) is 25.1 Å². The van der Waals surface area contributed by atoms with Crippen LogP contribution in [0.15, 0.2) is 54.6 Å². The van der Waals surface area contributed by atoms with Crippen molar-refractivity contribution >= 4 is 29.0 Å². The number of rotatable bonds is 7. The van der Waals surface area contributed by atoms with Crippen LogP contribution < -0.4 is 20.1 Å². The van der Waals surface area contributed by atoms with Crippen molar-refractivity contribution in [3.8, 4) is 11.5 Å². The smallest absolute Gasteiger partial charge is 0.251 e. The summed E-state index contributed by atoms with van der Waals surface area (Å²) >= 11 is 5.95. The van der Waals surface area contributed by atoms with E-state index in [0.29, 0.717) is 47.4 Å². The fourth-order valence-corrected chi connectivity index (χ4v) is 3.54. The van der Waals surface area contributed by atoms with Crippen LogP contribution in [0.5, 0.6) is 11.5 Å². The Morgan fingerprint density at radius 1 is 1.06 bits per heavy atom. The number of amides is 1. The Labute approximate surface area is 188 Å². The topological polar surface area (TPSA) is 103 Å². The molecule has 1 aliphatic rings. The molecule has 1 amide bonds. The summed E-state index contributed by atoms with van der Waals surface area (Å²) in [5, 5.41) is 19.6. The van der Waals surface area contributed by atoms with Crippen molar-refractivity contribution in [3.63, 3.8) is 0 Å². The van der Waals surface area contributed by atoms with E-state index < -0.39 is 0 Å². The first kappa shape index (κ1) is 20.1. The van der Waals surface area contributed by atoms with Crippen molar-refractivity contribution in [2.45, 2.75) is 13.0 Å². The summed E-state index contributed by atoms with van der Waals surface area (Å²) in [6.45, 7) is 1.21. The summed E-state index contributed by atoms with van der Waals surface area (Å²) in [6.07, 6.45) is 0.478. The van der Waals surface area contributed by atoms with E-state index in [1.807, 2.05) is 30.3 Å². The van der Waals surface area contributed by atoms with Crippen molar-refractivity contribution in [3.05, 3.63) is 76.6 Å². The molecule has 0 saturated carbocycles. The quantitative estimate of drug-likeness (QED) is 0.446. The highest BCUT2D eigenvalue weighted by Crippen LogP contribution is 2.32. The lowest BCUT2D eigenvalue weighted by Crippen LogP contribution is -2.26. The summed E-state index contributed by atoms with van der Waals surface area (Å²) < 4.78 is 12.4. The first-order chi connectivity index (χ1) is 15.7. The molecule has 0 fully saturated rings. The molecule has 0 bridgehead atoms. The number of ether oxygens (including phenoxy) is 2. The van der Waals surface area contributed by atoms with E-state index in [1.54, 1.807) is 28.8 Å². The number of carbonyl (C=O) groups excluding carboxylic acids is 1. The highest BCUT2D eigenvalue weighted by Gasteiger charge is 2.13. The Balaban J connectivity index is 1.22. The number of carbonyl (C=O) groups is 1. The van der Waals surface area contributed by atoms with E-state index in [9.17, 15) is 4.79 Å². The van der Waals surface area contributed by atoms with E-state index in [0.717, 1.165) is 17.1 Å². The van der Waals surface area contributed by atoms with Crippen LogP contribution >= 0.6 is 11.6 Å². The summed E-state index contributed by atoms with van der Waals surface area (Å²) in [5.41, 5.74) is 2.19. The van der Waals surface area contributed by atoms with E-state index >= 15 is 0 Å². The number of hydrogen-bond donors (Lipinski definition) is 2. The van der Waals surface area contributed by atoms with Gasteiger partial charge < -0.3 is 20.1 Å². The van der Waals surface area contributed by atoms with Gasteiger partial charge in [0.1, 0.15) is 5.82 Å². The molecule has 0 saturated heterocycles. The molecule has 9 nitrogen and oxygen atoms in total. The van der Waals surface area contributed by atoms with Gasteiger partial charge in [0.2, 0.25) is 6.79 Å². The molecule has 2 aromatic heterocycles. The number of nitrogens with one attached hydrogen (secondary N) is 2. The van der Waals surface area contributed by atoms with Crippen molar-refractivity contribution in [2.75, 3.05) is 18.7 Å². The first-order valence-corrected chi connectivity index (χ1v) is 10.4. The number of hydrogen-bond acceptors (Lipinski definition) is 7. The lowest BCUT2D eigenvalue weighted by Gasteiger charge is -2.08. The second-order valence-electron chi connectivity index (χ2n) is 7.16. The minimum Gasteiger partial charge on any atom is -0.454 e. The van der Waals surface area contributed by atoms with Crippen molar-refractivity contribution in [2.24, 2.45) is 0 Å². The van der Waals surface area contributed by atoms with Crippen LogP contribution in [-0.4, -0.2) is 39.1 Å². The number of nitrogens with zero attached hydrogens (tertiary/aromatic N) is 4. The van der Waals surface area contributed by atoms with Gasteiger partial charge in [-0.25, -0.2) is 0 Å². The Kier molecular flexibility index (Phi) is 5.47. The molecule has 2 N–H and O–H groups in total. The minimum absolute atomic E-state index is 0.194. The predicted molar refractivity (Wildman–Crippen MR) is 118 cm³/mol. The van der Waals surface area contributed by atoms with Gasteiger partial charge in [0.25, 0.3) is 5.91 Å². The number of aromatic nitrogens is 4. The Morgan fingerprint density at radius 3 is 2.88 bits per heavy atom. The molecule has 4 aromatic rings. The van der Waals surface area contributed by atoms with Gasteiger partial charge in [-0.15, -0.1) is 15.3 Å². The molecule has 3 heterocycles. The standard InChI is InChI=1S/C22H19ClN6O3/c23-16-3-1-2-15(11-16)22(30)24-9-8-21-27-26-20-7-6-19(28-29(20)21)25-12-14-4-5-17-18(10-14)32-13-31-17/h1-7,10-11H,8-9,12-13H2,(H,24,30)(H,25,28). The first-order valence-electron chi connectivity index (χ1n) is 10.0. The zero-order valence-corrected chi connectivity index (χ0v) is 17.7. The third-order valence-corrected chi connectivity index (χ3v) is 5.19. The Hall–Kier alpha value is -3.85. The molecular formula is C22H19ClN6O3. The summed E-state index contributed by atoms with van der Waals surface area (Å²) in [7, 11) is 0. The second-order valence-corrected chi connectivity index (χ2v) is 7.60. The molecule has 162 valence electrons. The normalized spacial score (nSPS) is 12.2. The molecule has 0 radical (unpaired) electrons. The van der Waals surface area contributed by atoms with Gasteiger partial charge in [0.05, 0.1) is 0 Å². The molecule has 32 heavy (non-hydrogen) atoms. The van der Waals surface area contributed by atoms with Crippen molar-refractivity contribution in [1.29, 1.82) is 0 Å². The molecule has 5 rings (SSSR count). The van der Waals surface area contributed by atoms with Crippen molar-refractivity contribution < 1.29 is 14.3 Å². The maximum Gasteiger partial charge on any atom is 0.251 e.